The van der Waals surface area contributed by atoms with Gasteiger partial charge in [-0.05, 0) is 56.2 Å². The maximum atomic E-state index is 13.6. The van der Waals surface area contributed by atoms with Crippen molar-refractivity contribution in [3.8, 4) is 11.5 Å². The summed E-state index contributed by atoms with van der Waals surface area (Å²) in [5, 5.41) is 6.90. The average Bonchev–Trinajstić information content (AvgIpc) is 3.66. The van der Waals surface area contributed by atoms with E-state index in [2.05, 4.69) is 20.1 Å². The SMILES string of the molecule is CC1(C)C(=O)N(Cc2ccc(-c3nnc(C(F)F)o3)cn2)C(=O)c2ccc(N3C[C@@H]4C[C@H]3CN4S(C)(=O)=O)cc21. The van der Waals surface area contributed by atoms with Gasteiger partial charge in [0.1, 0.15) is 0 Å². The van der Waals surface area contributed by atoms with Crippen molar-refractivity contribution in [1.82, 2.24) is 24.4 Å². The highest BCUT2D eigenvalue weighted by Crippen LogP contribution is 2.41. The maximum absolute atomic E-state index is 13.6. The van der Waals surface area contributed by atoms with Crippen LogP contribution in [0.3, 0.4) is 0 Å². The average molecular weight is 573 g/mol. The fraction of sp³-hybridized carbons (Fsp3) is 0.423. The molecular weight excluding hydrogens is 546 g/mol. The number of fused-ring (bicyclic) bond motifs is 3. The van der Waals surface area contributed by atoms with Crippen molar-refractivity contribution < 1.29 is 31.2 Å². The molecule has 210 valence electrons. The molecule has 6 rings (SSSR count). The fourth-order valence-corrected chi connectivity index (χ4v) is 6.98. The first-order valence-electron chi connectivity index (χ1n) is 12.7. The number of sulfonamides is 1. The molecule has 11 nitrogen and oxygen atoms in total. The number of piperazine rings is 1. The van der Waals surface area contributed by atoms with Crippen LogP contribution in [0.5, 0.6) is 0 Å². The summed E-state index contributed by atoms with van der Waals surface area (Å²) in [7, 11) is -3.27. The van der Waals surface area contributed by atoms with Gasteiger partial charge in [-0.2, -0.15) is 13.1 Å². The summed E-state index contributed by atoms with van der Waals surface area (Å²) in [5.41, 5.74) is 1.62. The van der Waals surface area contributed by atoms with Crippen molar-refractivity contribution in [2.75, 3.05) is 24.2 Å². The molecule has 5 heterocycles. The molecule has 3 aliphatic rings. The molecule has 0 saturated carbocycles. The normalized spacial score (nSPS) is 22.4. The van der Waals surface area contributed by atoms with Crippen LogP contribution < -0.4 is 4.90 Å². The molecule has 0 spiro atoms. The summed E-state index contributed by atoms with van der Waals surface area (Å²) >= 11 is 0. The second kappa shape index (κ2) is 9.13. The van der Waals surface area contributed by atoms with Crippen molar-refractivity contribution in [3.05, 3.63) is 59.2 Å². The number of carbonyl (C=O) groups excluding carboxylic acids is 2. The molecular formula is C26H26F2N6O5S. The summed E-state index contributed by atoms with van der Waals surface area (Å²) in [4.78, 5) is 34.6. The number of halogens is 2. The molecule has 1 aromatic carbocycles. The Morgan fingerprint density at radius 3 is 2.48 bits per heavy atom. The highest BCUT2D eigenvalue weighted by atomic mass is 32.2. The standard InChI is InChI=1S/C26H26F2N6O5S/c1-26(2)20-9-16(32-12-18-8-17(32)13-34(18)40(3,37)38)6-7-19(20)24(35)33(25(26)36)11-15-5-4-14(10-29-15)22-30-31-23(39-22)21(27)28/h4-7,9-10,17-18,21H,8,11-13H2,1-3H3/t17-,18-/m0/s1. The van der Waals surface area contributed by atoms with Crippen LogP contribution in [-0.4, -0.2) is 76.0 Å². The summed E-state index contributed by atoms with van der Waals surface area (Å²) in [6, 6.07) is 8.50. The molecule has 2 saturated heterocycles. The number of pyridine rings is 1. The number of nitrogens with zero attached hydrogens (tertiary/aromatic N) is 6. The van der Waals surface area contributed by atoms with Crippen LogP contribution in [0.15, 0.2) is 40.9 Å². The summed E-state index contributed by atoms with van der Waals surface area (Å²) < 4.78 is 56.1. The molecule has 40 heavy (non-hydrogen) atoms. The van der Waals surface area contributed by atoms with Crippen LogP contribution in [-0.2, 0) is 26.8 Å². The van der Waals surface area contributed by atoms with Crippen molar-refractivity contribution >= 4 is 27.5 Å². The Morgan fingerprint density at radius 2 is 1.88 bits per heavy atom. The Hall–Kier alpha value is -3.78. The van der Waals surface area contributed by atoms with Crippen LogP contribution in [0.4, 0.5) is 14.5 Å². The number of imide groups is 1. The minimum Gasteiger partial charge on any atom is -0.415 e. The molecule has 2 amide bonds. The first-order valence-corrected chi connectivity index (χ1v) is 14.5. The number of hydrogen-bond donors (Lipinski definition) is 0. The van der Waals surface area contributed by atoms with Crippen molar-refractivity contribution in [2.24, 2.45) is 0 Å². The molecule has 0 radical (unpaired) electrons. The lowest BCUT2D eigenvalue weighted by Gasteiger charge is -2.39. The lowest BCUT2D eigenvalue weighted by atomic mass is 9.77. The Labute approximate surface area is 228 Å². The molecule has 14 heteroatoms. The van der Waals surface area contributed by atoms with E-state index >= 15 is 0 Å². The number of anilines is 1. The van der Waals surface area contributed by atoms with E-state index in [-0.39, 0.29) is 30.4 Å². The molecule has 2 fully saturated rings. The molecule has 0 unspecified atom stereocenters. The second-order valence-electron chi connectivity index (χ2n) is 10.9. The Balaban J connectivity index is 1.22. The van der Waals surface area contributed by atoms with Gasteiger partial charge in [-0.3, -0.25) is 19.5 Å². The van der Waals surface area contributed by atoms with Gasteiger partial charge in [0, 0.05) is 42.6 Å². The first-order chi connectivity index (χ1) is 18.8. The number of rotatable bonds is 6. The maximum Gasteiger partial charge on any atom is 0.314 e. The van der Waals surface area contributed by atoms with Gasteiger partial charge in [-0.25, -0.2) is 8.42 Å². The van der Waals surface area contributed by atoms with Gasteiger partial charge in [0.2, 0.25) is 21.8 Å². The van der Waals surface area contributed by atoms with Crippen LogP contribution >= 0.6 is 0 Å². The smallest absolute Gasteiger partial charge is 0.314 e. The monoisotopic (exact) mass is 572 g/mol. The Kier molecular flexibility index (Phi) is 6.03. The Bertz CT molecular complexity index is 1620. The minimum atomic E-state index is -3.27. The molecule has 0 N–H and O–H groups in total. The number of amides is 2. The van der Waals surface area contributed by atoms with Gasteiger partial charge in [0.25, 0.3) is 11.8 Å². The molecule has 3 aromatic rings. The van der Waals surface area contributed by atoms with Gasteiger partial charge in [0.05, 0.1) is 29.5 Å². The fourth-order valence-electron chi connectivity index (χ4n) is 5.85. The van der Waals surface area contributed by atoms with Gasteiger partial charge >= 0.3 is 6.43 Å². The van der Waals surface area contributed by atoms with Gasteiger partial charge < -0.3 is 9.32 Å². The van der Waals surface area contributed by atoms with E-state index < -0.39 is 33.7 Å². The van der Waals surface area contributed by atoms with E-state index in [0.29, 0.717) is 35.5 Å². The summed E-state index contributed by atoms with van der Waals surface area (Å²) in [5.74, 6) is -1.72. The zero-order valence-electron chi connectivity index (χ0n) is 21.9. The topological polar surface area (TPSA) is 130 Å². The first kappa shape index (κ1) is 26.4. The van der Waals surface area contributed by atoms with E-state index in [1.807, 2.05) is 12.1 Å². The molecule has 2 bridgehead atoms. The van der Waals surface area contributed by atoms with Crippen LogP contribution in [0, 0.1) is 0 Å². The lowest BCUT2D eigenvalue weighted by molar-refractivity contribution is -0.134. The minimum absolute atomic E-state index is 0.0375. The van der Waals surface area contributed by atoms with Gasteiger partial charge in [-0.1, -0.05) is 0 Å². The number of carbonyl (C=O) groups is 2. The van der Waals surface area contributed by atoms with Crippen LogP contribution in [0.1, 0.15) is 54.2 Å². The van der Waals surface area contributed by atoms with Crippen molar-refractivity contribution in [3.63, 3.8) is 0 Å². The highest BCUT2D eigenvalue weighted by molar-refractivity contribution is 7.88. The van der Waals surface area contributed by atoms with E-state index in [1.54, 1.807) is 36.4 Å². The lowest BCUT2D eigenvalue weighted by Crippen LogP contribution is -2.51. The number of alkyl halides is 2. The summed E-state index contributed by atoms with van der Waals surface area (Å²) in [6.07, 6.45) is 0.440. The third-order valence-corrected chi connectivity index (χ3v) is 9.20. The molecule has 3 aliphatic heterocycles. The number of benzene rings is 1. The van der Waals surface area contributed by atoms with E-state index in [4.69, 9.17) is 4.42 Å². The zero-order chi connectivity index (χ0) is 28.6. The van der Waals surface area contributed by atoms with E-state index in [9.17, 15) is 26.8 Å². The van der Waals surface area contributed by atoms with E-state index in [0.717, 1.165) is 17.0 Å². The number of aromatic nitrogens is 3. The van der Waals surface area contributed by atoms with Crippen LogP contribution in [0.2, 0.25) is 0 Å². The predicted molar refractivity (Wildman–Crippen MR) is 138 cm³/mol. The quantitative estimate of drug-likeness (QED) is 0.409. The van der Waals surface area contributed by atoms with Crippen molar-refractivity contribution in [2.45, 2.75) is 50.7 Å². The van der Waals surface area contributed by atoms with Gasteiger partial charge in [-0.15, -0.1) is 10.2 Å². The third kappa shape index (κ3) is 4.25. The Morgan fingerprint density at radius 1 is 1.10 bits per heavy atom. The second-order valence-corrected chi connectivity index (χ2v) is 12.8. The predicted octanol–water partition coefficient (Wildman–Crippen LogP) is 2.75. The van der Waals surface area contributed by atoms with Crippen LogP contribution in [0.25, 0.3) is 11.5 Å². The molecule has 2 atom stereocenters. The zero-order valence-corrected chi connectivity index (χ0v) is 22.7. The third-order valence-electron chi connectivity index (χ3n) is 7.90. The van der Waals surface area contributed by atoms with Gasteiger partial charge in [0.15, 0.2) is 0 Å². The van der Waals surface area contributed by atoms with E-state index in [1.165, 1.54) is 12.5 Å². The molecule has 2 aromatic heterocycles. The molecule has 0 aliphatic carbocycles. The van der Waals surface area contributed by atoms with Crippen molar-refractivity contribution in [1.29, 1.82) is 0 Å². The summed E-state index contributed by atoms with van der Waals surface area (Å²) in [6.45, 7) is 4.43. The highest BCUT2D eigenvalue weighted by Gasteiger charge is 2.48. The number of hydrogen-bond acceptors (Lipinski definition) is 9. The largest absolute Gasteiger partial charge is 0.415 e.